The molecule has 0 amide bonds. The minimum Gasteiger partial charge on any atom is -0.506 e. The molecule has 7 nitrogen and oxygen atoms in total. The summed E-state index contributed by atoms with van der Waals surface area (Å²) in [5, 5.41) is 21.3. The third-order valence-corrected chi connectivity index (χ3v) is 7.15. The molecule has 202 valence electrons. The number of hydrogen-bond acceptors (Lipinski definition) is 6. The second kappa shape index (κ2) is 13.3. The zero-order valence-electron chi connectivity index (χ0n) is 21.9. The highest BCUT2D eigenvalue weighted by Gasteiger charge is 2.29. The van der Waals surface area contributed by atoms with Gasteiger partial charge in [0.25, 0.3) is 0 Å². The maximum Gasteiger partial charge on any atom is 0.340 e. The molecule has 0 bridgehead atoms. The lowest BCUT2D eigenvalue weighted by molar-refractivity contribution is 0.0525. The summed E-state index contributed by atoms with van der Waals surface area (Å²) >= 11 is 3.47. The molecule has 0 spiro atoms. The Morgan fingerprint density at radius 3 is 2.59 bits per heavy atom. The van der Waals surface area contributed by atoms with Crippen molar-refractivity contribution >= 4 is 32.8 Å². The number of halogens is 2. The Hall–Kier alpha value is -2.62. The summed E-state index contributed by atoms with van der Waals surface area (Å²) in [6.45, 7) is 8.11. The lowest BCUT2D eigenvalue weighted by atomic mass is 9.97. The van der Waals surface area contributed by atoms with Gasteiger partial charge in [0.1, 0.15) is 23.9 Å². The number of piperidine rings is 1. The van der Waals surface area contributed by atoms with E-state index in [1.54, 1.807) is 13.0 Å². The molecule has 1 aliphatic rings. The molecule has 0 saturated carbocycles. The van der Waals surface area contributed by atoms with E-state index in [9.17, 15) is 19.4 Å². The largest absolute Gasteiger partial charge is 0.506 e. The zero-order chi connectivity index (χ0) is 27.1. The Morgan fingerprint density at radius 1 is 1.24 bits per heavy atom. The number of benzene rings is 2. The number of phenols is 1. The number of rotatable bonds is 8. The van der Waals surface area contributed by atoms with Gasteiger partial charge in [-0.1, -0.05) is 13.8 Å². The van der Waals surface area contributed by atoms with Gasteiger partial charge in [0.05, 0.1) is 27.9 Å². The second-order valence-corrected chi connectivity index (χ2v) is 9.70. The number of nitrogens with zero attached hydrogens (tertiary/aromatic N) is 2. The molecule has 1 fully saturated rings. The van der Waals surface area contributed by atoms with E-state index >= 15 is 0 Å². The number of esters is 1. The van der Waals surface area contributed by atoms with E-state index in [0.29, 0.717) is 45.5 Å². The summed E-state index contributed by atoms with van der Waals surface area (Å²) in [6.07, 6.45) is 1.93. The van der Waals surface area contributed by atoms with Crippen molar-refractivity contribution in [1.29, 1.82) is 0 Å². The molecule has 1 unspecified atom stereocenters. The molecule has 3 aromatic rings. The van der Waals surface area contributed by atoms with Gasteiger partial charge in [-0.2, -0.15) is 0 Å². The Labute approximate surface area is 225 Å². The smallest absolute Gasteiger partial charge is 0.340 e. The van der Waals surface area contributed by atoms with Gasteiger partial charge in [0, 0.05) is 37.7 Å². The van der Waals surface area contributed by atoms with Crippen molar-refractivity contribution in [2.24, 2.45) is 13.0 Å². The fraction of sp³-hybridized carbons (Fsp3) is 0.464. The van der Waals surface area contributed by atoms with Crippen LogP contribution in [0.4, 0.5) is 4.39 Å². The van der Waals surface area contributed by atoms with E-state index in [2.05, 4.69) is 20.8 Å². The molecule has 9 heteroatoms. The quantitative estimate of drug-likeness (QED) is 0.330. The van der Waals surface area contributed by atoms with Crippen molar-refractivity contribution in [3.05, 3.63) is 57.4 Å². The Morgan fingerprint density at radius 2 is 1.95 bits per heavy atom. The SMILES string of the molecule is CC.CCOC(=O)c1c(COc2ccc(F)cc2)n(C)c2cc(Br)c(O)c(CN3CCCC(CO)C3)c12. The number of carbonyl (C=O) groups excluding carboxylic acids is 1. The van der Waals surface area contributed by atoms with Gasteiger partial charge in [-0.15, -0.1) is 0 Å². The van der Waals surface area contributed by atoms with Crippen LogP contribution in [0.3, 0.4) is 0 Å². The number of aryl methyl sites for hydroxylation is 1. The number of fused-ring (bicyclic) bond motifs is 1. The summed E-state index contributed by atoms with van der Waals surface area (Å²) in [5.74, 6) is -0.121. The second-order valence-electron chi connectivity index (χ2n) is 8.85. The summed E-state index contributed by atoms with van der Waals surface area (Å²) < 4.78 is 27.0. The summed E-state index contributed by atoms with van der Waals surface area (Å²) in [5.41, 5.74) is 2.31. The first-order valence-electron chi connectivity index (χ1n) is 12.7. The number of aromatic nitrogens is 1. The van der Waals surface area contributed by atoms with Gasteiger partial charge in [-0.05, 0) is 78.5 Å². The number of ether oxygens (including phenoxy) is 2. The van der Waals surface area contributed by atoms with Gasteiger partial charge in [0.15, 0.2) is 0 Å². The molecular formula is C28H36BrFN2O5. The zero-order valence-corrected chi connectivity index (χ0v) is 23.5. The Balaban J connectivity index is 0.00000186. The Bertz CT molecular complexity index is 1210. The van der Waals surface area contributed by atoms with Crippen LogP contribution in [-0.2, 0) is 24.9 Å². The van der Waals surface area contributed by atoms with Gasteiger partial charge < -0.3 is 24.3 Å². The van der Waals surface area contributed by atoms with Crippen LogP contribution in [-0.4, -0.2) is 52.0 Å². The summed E-state index contributed by atoms with van der Waals surface area (Å²) in [7, 11) is 1.84. The van der Waals surface area contributed by atoms with E-state index in [1.165, 1.54) is 24.3 Å². The highest BCUT2D eigenvalue weighted by Crippen LogP contribution is 2.40. The van der Waals surface area contributed by atoms with Gasteiger partial charge in [-0.25, -0.2) is 9.18 Å². The molecule has 0 radical (unpaired) electrons. The van der Waals surface area contributed by atoms with E-state index in [1.807, 2.05) is 25.5 Å². The van der Waals surface area contributed by atoms with Crippen LogP contribution in [0, 0.1) is 11.7 Å². The highest BCUT2D eigenvalue weighted by molar-refractivity contribution is 9.10. The van der Waals surface area contributed by atoms with Crippen LogP contribution in [0.1, 0.15) is 55.2 Å². The van der Waals surface area contributed by atoms with E-state index in [4.69, 9.17) is 9.47 Å². The van der Waals surface area contributed by atoms with Gasteiger partial charge >= 0.3 is 5.97 Å². The lowest BCUT2D eigenvalue weighted by Gasteiger charge is -2.32. The molecule has 1 aromatic heterocycles. The van der Waals surface area contributed by atoms with E-state index in [-0.39, 0.29) is 37.3 Å². The molecule has 4 rings (SSSR count). The fourth-order valence-corrected chi connectivity index (χ4v) is 5.23. The van der Waals surface area contributed by atoms with E-state index < -0.39 is 5.97 Å². The molecule has 2 N–H and O–H groups in total. The first-order chi connectivity index (χ1) is 17.8. The lowest BCUT2D eigenvalue weighted by Crippen LogP contribution is -2.36. The van der Waals surface area contributed by atoms with Crippen LogP contribution < -0.4 is 4.74 Å². The number of aliphatic hydroxyl groups excluding tert-OH is 1. The minimum absolute atomic E-state index is 0.0546. The number of likely N-dealkylation sites (tertiary alicyclic amines) is 1. The third kappa shape index (κ3) is 6.45. The van der Waals surface area contributed by atoms with E-state index in [0.717, 1.165) is 24.9 Å². The van der Waals surface area contributed by atoms with Crippen LogP contribution in [0.25, 0.3) is 10.9 Å². The number of carbonyl (C=O) groups is 1. The van der Waals surface area contributed by atoms with Crippen LogP contribution in [0.15, 0.2) is 34.8 Å². The van der Waals surface area contributed by atoms with Crippen LogP contribution in [0.5, 0.6) is 11.5 Å². The van der Waals surface area contributed by atoms with Crippen LogP contribution >= 0.6 is 15.9 Å². The predicted octanol–water partition coefficient (Wildman–Crippen LogP) is 5.77. The predicted molar refractivity (Wildman–Crippen MR) is 145 cm³/mol. The molecule has 0 aliphatic carbocycles. The fourth-order valence-electron chi connectivity index (χ4n) is 4.77. The average molecular weight is 580 g/mol. The molecule has 2 aromatic carbocycles. The van der Waals surface area contributed by atoms with Crippen molar-refractivity contribution in [2.75, 3.05) is 26.3 Å². The maximum absolute atomic E-state index is 13.3. The number of aliphatic hydroxyl groups is 1. The molecule has 1 atom stereocenters. The molecule has 2 heterocycles. The van der Waals surface area contributed by atoms with Gasteiger partial charge in [0.2, 0.25) is 0 Å². The van der Waals surface area contributed by atoms with Gasteiger partial charge in [-0.3, -0.25) is 4.90 Å². The minimum atomic E-state index is -0.495. The highest BCUT2D eigenvalue weighted by atomic mass is 79.9. The normalized spacial score (nSPS) is 15.8. The van der Waals surface area contributed by atoms with Crippen LogP contribution in [0.2, 0.25) is 0 Å². The monoisotopic (exact) mass is 578 g/mol. The number of phenolic OH excluding ortho intramolecular Hbond substituents is 1. The summed E-state index contributed by atoms with van der Waals surface area (Å²) in [6, 6.07) is 7.47. The molecular weight excluding hydrogens is 543 g/mol. The maximum atomic E-state index is 13.3. The molecule has 1 aliphatic heterocycles. The van der Waals surface area contributed by atoms with Crippen molar-refractivity contribution in [3.8, 4) is 11.5 Å². The average Bonchev–Trinajstić information content (AvgIpc) is 3.18. The standard InChI is InChI=1S/C26H30BrFN2O5.C2H6/c1-3-34-26(33)24-22(15-35-18-8-6-17(28)7-9-18)29(2)21-11-20(27)25(32)19(23(21)24)13-30-10-4-5-16(12-30)14-31;1-2/h6-9,11,16,31-32H,3-5,10,12-15H2,1-2H3;1-2H3. The first-order valence-corrected chi connectivity index (χ1v) is 13.5. The first kappa shape index (κ1) is 28.9. The Kier molecular flexibility index (Phi) is 10.4. The topological polar surface area (TPSA) is 84.2 Å². The van der Waals surface area contributed by atoms with Crippen molar-refractivity contribution in [1.82, 2.24) is 9.47 Å². The molecule has 1 saturated heterocycles. The van der Waals surface area contributed by atoms with Crippen molar-refractivity contribution in [2.45, 2.75) is 46.8 Å². The number of hydrogen-bond donors (Lipinski definition) is 2. The van der Waals surface area contributed by atoms with Crippen molar-refractivity contribution < 1.29 is 28.9 Å². The summed E-state index contributed by atoms with van der Waals surface area (Å²) in [4.78, 5) is 15.4. The third-order valence-electron chi connectivity index (χ3n) is 6.55. The van der Waals surface area contributed by atoms with Crippen molar-refractivity contribution in [3.63, 3.8) is 0 Å². The number of aromatic hydroxyl groups is 1. The molecule has 37 heavy (non-hydrogen) atoms.